The number of rotatable bonds is 8. The minimum absolute atomic E-state index is 0.0329. The van der Waals surface area contributed by atoms with Gasteiger partial charge in [-0.3, -0.25) is 9.59 Å². The van der Waals surface area contributed by atoms with Gasteiger partial charge in [-0.2, -0.15) is 0 Å². The predicted octanol–water partition coefficient (Wildman–Crippen LogP) is 4.49. The Kier molecular flexibility index (Phi) is 8.01. The van der Waals surface area contributed by atoms with Gasteiger partial charge in [-0.15, -0.1) is 11.3 Å². The van der Waals surface area contributed by atoms with E-state index in [1.54, 1.807) is 13.0 Å². The van der Waals surface area contributed by atoms with Gasteiger partial charge in [-0.25, -0.2) is 18.5 Å². The summed E-state index contributed by atoms with van der Waals surface area (Å²) in [6.45, 7) is 1.76. The molecule has 1 heterocycles. The number of aromatic nitrogens is 1. The Morgan fingerprint density at radius 2 is 1.81 bits per heavy atom. The molecule has 32 heavy (non-hydrogen) atoms. The highest BCUT2D eigenvalue weighted by Crippen LogP contribution is 2.28. The molecular weight excluding hydrogens is 534 g/mol. The van der Waals surface area contributed by atoms with Crippen LogP contribution in [-0.2, 0) is 14.8 Å². The van der Waals surface area contributed by atoms with Crippen molar-refractivity contribution in [2.45, 2.75) is 16.2 Å². The summed E-state index contributed by atoms with van der Waals surface area (Å²) in [6, 6.07) is 13.2. The van der Waals surface area contributed by atoms with Crippen molar-refractivity contribution in [3.63, 3.8) is 0 Å². The molecule has 0 saturated heterocycles. The summed E-state index contributed by atoms with van der Waals surface area (Å²) < 4.78 is 24.1. The van der Waals surface area contributed by atoms with E-state index in [0.29, 0.717) is 20.6 Å². The molecule has 1 amide bonds. The molecule has 0 aliphatic rings. The Bertz CT molecular complexity index is 1270. The zero-order valence-corrected chi connectivity index (χ0v) is 20.8. The number of thioether (sulfide) groups is 1. The van der Waals surface area contributed by atoms with Crippen LogP contribution in [0.5, 0.6) is 0 Å². The number of anilines is 1. The summed E-state index contributed by atoms with van der Waals surface area (Å²) in [6.07, 6.45) is 3.26. The standard InChI is InChI=1S/C21H18BrN3O4S3/c1-13-20(18(26)11-4-14-2-5-15(22)6-3-14)31-21(24-13)30-12-19(27)25-16-7-9-17(10-8-16)32(23,28)29/h2-11H,12H2,1H3,(H,25,27)(H2,23,28,29)/b11-4+. The molecule has 1 aromatic heterocycles. The van der Waals surface area contributed by atoms with Gasteiger partial charge in [-0.05, 0) is 55.0 Å². The summed E-state index contributed by atoms with van der Waals surface area (Å²) in [5.74, 6) is -0.338. The zero-order valence-electron chi connectivity index (χ0n) is 16.7. The van der Waals surface area contributed by atoms with E-state index in [9.17, 15) is 18.0 Å². The van der Waals surface area contributed by atoms with Gasteiger partial charge in [-0.1, -0.05) is 45.9 Å². The van der Waals surface area contributed by atoms with Crippen molar-refractivity contribution in [1.29, 1.82) is 0 Å². The Morgan fingerprint density at radius 1 is 1.16 bits per heavy atom. The molecule has 0 saturated carbocycles. The fourth-order valence-corrected chi connectivity index (χ4v) is 5.23. The van der Waals surface area contributed by atoms with Crippen molar-refractivity contribution < 1.29 is 18.0 Å². The number of allylic oxidation sites excluding steroid dienone is 1. The Morgan fingerprint density at radius 3 is 2.44 bits per heavy atom. The first-order valence-corrected chi connectivity index (χ1v) is 13.3. The number of thiazole rings is 1. The molecule has 3 aromatic rings. The second kappa shape index (κ2) is 10.5. The number of carbonyl (C=O) groups is 2. The lowest BCUT2D eigenvalue weighted by atomic mass is 10.2. The summed E-state index contributed by atoms with van der Waals surface area (Å²) in [7, 11) is -3.78. The predicted molar refractivity (Wildman–Crippen MR) is 132 cm³/mol. The maximum absolute atomic E-state index is 12.5. The number of sulfonamides is 1. The molecular formula is C21H18BrN3O4S3. The molecule has 3 N–H and O–H groups in total. The molecule has 0 radical (unpaired) electrons. The second-order valence-electron chi connectivity index (χ2n) is 6.55. The Hall–Kier alpha value is -2.31. The number of hydrogen-bond donors (Lipinski definition) is 2. The van der Waals surface area contributed by atoms with Gasteiger partial charge in [0.15, 0.2) is 10.1 Å². The summed E-state index contributed by atoms with van der Waals surface area (Å²) in [5.41, 5.74) is 1.97. The van der Waals surface area contributed by atoms with Crippen molar-refractivity contribution in [2.24, 2.45) is 5.14 Å². The van der Waals surface area contributed by atoms with Crippen LogP contribution in [0.25, 0.3) is 6.08 Å². The van der Waals surface area contributed by atoms with Crippen LogP contribution in [0.3, 0.4) is 0 Å². The molecule has 0 fully saturated rings. The van der Waals surface area contributed by atoms with E-state index < -0.39 is 10.0 Å². The summed E-state index contributed by atoms with van der Waals surface area (Å²) in [4.78, 5) is 29.6. The van der Waals surface area contributed by atoms with Gasteiger partial charge >= 0.3 is 0 Å². The van der Waals surface area contributed by atoms with E-state index in [1.807, 2.05) is 24.3 Å². The number of nitrogens with two attached hydrogens (primary N) is 1. The van der Waals surface area contributed by atoms with Crippen LogP contribution < -0.4 is 10.5 Å². The molecule has 0 bridgehead atoms. The first kappa shape index (κ1) is 24.3. The van der Waals surface area contributed by atoms with E-state index in [2.05, 4.69) is 26.2 Å². The first-order chi connectivity index (χ1) is 15.1. The van der Waals surface area contributed by atoms with E-state index in [0.717, 1.165) is 10.0 Å². The molecule has 0 spiro atoms. The minimum atomic E-state index is -3.78. The lowest BCUT2D eigenvalue weighted by Crippen LogP contribution is -2.15. The fraction of sp³-hybridized carbons (Fsp3) is 0.0952. The van der Waals surface area contributed by atoms with Gasteiger partial charge in [0.2, 0.25) is 15.9 Å². The lowest BCUT2D eigenvalue weighted by Gasteiger charge is -2.05. The monoisotopic (exact) mass is 551 g/mol. The van der Waals surface area contributed by atoms with Crippen molar-refractivity contribution >= 4 is 72.5 Å². The van der Waals surface area contributed by atoms with Crippen LogP contribution in [0.15, 0.2) is 68.3 Å². The summed E-state index contributed by atoms with van der Waals surface area (Å²) in [5, 5.41) is 7.73. The fourth-order valence-electron chi connectivity index (χ4n) is 2.54. The molecule has 0 atom stereocenters. The number of hydrogen-bond acceptors (Lipinski definition) is 7. The molecule has 7 nitrogen and oxygen atoms in total. The van der Waals surface area contributed by atoms with Gasteiger partial charge in [0.25, 0.3) is 0 Å². The van der Waals surface area contributed by atoms with Gasteiger partial charge in [0.1, 0.15) is 0 Å². The summed E-state index contributed by atoms with van der Waals surface area (Å²) >= 11 is 5.84. The van der Waals surface area contributed by atoms with Crippen molar-refractivity contribution in [3.05, 3.63) is 75.2 Å². The number of carbonyl (C=O) groups excluding carboxylic acids is 2. The third kappa shape index (κ3) is 6.84. The molecule has 2 aromatic carbocycles. The van der Waals surface area contributed by atoms with E-state index in [4.69, 9.17) is 5.14 Å². The number of aryl methyl sites for hydroxylation is 1. The third-order valence-electron chi connectivity index (χ3n) is 4.09. The van der Waals surface area contributed by atoms with Crippen LogP contribution in [0.2, 0.25) is 0 Å². The van der Waals surface area contributed by atoms with Crippen LogP contribution >= 0.6 is 39.0 Å². The number of nitrogens with zero attached hydrogens (tertiary/aromatic N) is 1. The normalized spacial score (nSPS) is 11.6. The van der Waals surface area contributed by atoms with Crippen LogP contribution in [0, 0.1) is 6.92 Å². The maximum atomic E-state index is 12.5. The molecule has 0 aliphatic carbocycles. The minimum Gasteiger partial charge on any atom is -0.325 e. The van der Waals surface area contributed by atoms with E-state index >= 15 is 0 Å². The van der Waals surface area contributed by atoms with Crippen LogP contribution in [-0.4, -0.2) is 30.8 Å². The quantitative estimate of drug-likeness (QED) is 0.242. The molecule has 3 rings (SSSR count). The van der Waals surface area contributed by atoms with E-state index in [1.165, 1.54) is 53.4 Å². The van der Waals surface area contributed by atoms with Crippen LogP contribution in [0.1, 0.15) is 20.9 Å². The smallest absolute Gasteiger partial charge is 0.238 e. The number of ketones is 1. The average molecular weight is 552 g/mol. The van der Waals surface area contributed by atoms with Crippen molar-refractivity contribution in [1.82, 2.24) is 4.98 Å². The van der Waals surface area contributed by atoms with Gasteiger partial charge in [0.05, 0.1) is 21.2 Å². The third-order valence-corrected chi connectivity index (χ3v) is 7.86. The number of nitrogens with one attached hydrogen (secondary N) is 1. The number of benzene rings is 2. The average Bonchev–Trinajstić information content (AvgIpc) is 3.12. The largest absolute Gasteiger partial charge is 0.325 e. The van der Waals surface area contributed by atoms with E-state index in [-0.39, 0.29) is 22.3 Å². The topological polar surface area (TPSA) is 119 Å². The first-order valence-electron chi connectivity index (χ1n) is 9.13. The van der Waals surface area contributed by atoms with Crippen molar-refractivity contribution in [2.75, 3.05) is 11.1 Å². The second-order valence-corrected chi connectivity index (χ2v) is 11.2. The molecule has 0 aliphatic heterocycles. The van der Waals surface area contributed by atoms with Gasteiger partial charge < -0.3 is 5.32 Å². The molecule has 11 heteroatoms. The van der Waals surface area contributed by atoms with Gasteiger partial charge in [0, 0.05) is 10.2 Å². The highest BCUT2D eigenvalue weighted by atomic mass is 79.9. The van der Waals surface area contributed by atoms with Crippen LogP contribution in [0.4, 0.5) is 5.69 Å². The molecule has 0 unspecified atom stereocenters. The highest BCUT2D eigenvalue weighted by Gasteiger charge is 2.15. The lowest BCUT2D eigenvalue weighted by molar-refractivity contribution is -0.113. The van der Waals surface area contributed by atoms with Crippen molar-refractivity contribution in [3.8, 4) is 0 Å². The molecule has 166 valence electrons. The number of halogens is 1. The number of amides is 1. The zero-order chi connectivity index (χ0) is 23.3. The Labute approximate surface area is 202 Å². The number of primary sulfonamides is 1. The highest BCUT2D eigenvalue weighted by molar-refractivity contribution is 9.10. The maximum Gasteiger partial charge on any atom is 0.238 e. The Balaban J connectivity index is 1.57. The SMILES string of the molecule is Cc1nc(SCC(=O)Nc2ccc(S(N)(=O)=O)cc2)sc1C(=O)/C=C/c1ccc(Br)cc1.